The van der Waals surface area contributed by atoms with Gasteiger partial charge in [-0.05, 0) is 49.2 Å². The van der Waals surface area contributed by atoms with Crippen LogP contribution in [0.4, 0.5) is 21.9 Å². The number of nitrogens with one attached hydrogen (secondary N) is 2. The predicted octanol–water partition coefficient (Wildman–Crippen LogP) is 3.85. The molecule has 2 N–H and O–H groups in total. The first-order chi connectivity index (χ1) is 11.1. The van der Waals surface area contributed by atoms with Crippen LogP contribution in [0.5, 0.6) is 0 Å². The van der Waals surface area contributed by atoms with Crippen molar-refractivity contribution in [2.45, 2.75) is 25.8 Å². The quantitative estimate of drug-likeness (QED) is 0.901. The number of hydrogen-bond donors (Lipinski definition) is 2. The first kappa shape index (κ1) is 15.1. The van der Waals surface area contributed by atoms with Gasteiger partial charge in [-0.1, -0.05) is 18.2 Å². The van der Waals surface area contributed by atoms with E-state index >= 15 is 0 Å². The second kappa shape index (κ2) is 6.52. The van der Waals surface area contributed by atoms with Gasteiger partial charge in [-0.2, -0.15) is 0 Å². The number of rotatable bonds is 4. The SMILES string of the molecule is CC(=O)Nc1ccc(N(C(=O)Nc2ccccc2)C2CC2)cc1. The molecule has 1 aliphatic carbocycles. The highest BCUT2D eigenvalue weighted by Gasteiger charge is 2.33. The highest BCUT2D eigenvalue weighted by atomic mass is 16.2. The van der Waals surface area contributed by atoms with Crippen LogP contribution in [0.3, 0.4) is 0 Å². The van der Waals surface area contributed by atoms with Gasteiger partial charge < -0.3 is 10.6 Å². The van der Waals surface area contributed by atoms with E-state index in [0.717, 1.165) is 29.9 Å². The average Bonchev–Trinajstić information content (AvgIpc) is 3.34. The lowest BCUT2D eigenvalue weighted by Crippen LogP contribution is -2.36. The Bertz CT molecular complexity index is 694. The van der Waals surface area contributed by atoms with Crippen LogP contribution in [0.25, 0.3) is 0 Å². The van der Waals surface area contributed by atoms with Crippen molar-refractivity contribution in [3.63, 3.8) is 0 Å². The Balaban J connectivity index is 1.76. The smallest absolute Gasteiger partial charge is 0.326 e. The van der Waals surface area contributed by atoms with Crippen molar-refractivity contribution < 1.29 is 9.59 Å². The largest absolute Gasteiger partial charge is 0.326 e. The van der Waals surface area contributed by atoms with E-state index in [-0.39, 0.29) is 18.0 Å². The van der Waals surface area contributed by atoms with Gasteiger partial charge in [-0.15, -0.1) is 0 Å². The highest BCUT2D eigenvalue weighted by Crippen LogP contribution is 2.32. The first-order valence-electron chi connectivity index (χ1n) is 7.66. The Hall–Kier alpha value is -2.82. The third-order valence-electron chi connectivity index (χ3n) is 3.62. The molecule has 0 saturated heterocycles. The molecule has 0 heterocycles. The maximum atomic E-state index is 12.6. The van der Waals surface area contributed by atoms with Gasteiger partial charge in [-0.3, -0.25) is 9.69 Å². The van der Waals surface area contributed by atoms with Gasteiger partial charge in [0, 0.05) is 30.0 Å². The van der Waals surface area contributed by atoms with Crippen LogP contribution < -0.4 is 15.5 Å². The summed E-state index contributed by atoms with van der Waals surface area (Å²) in [5, 5.41) is 5.65. The lowest BCUT2D eigenvalue weighted by molar-refractivity contribution is -0.114. The van der Waals surface area contributed by atoms with Crippen LogP contribution in [0.2, 0.25) is 0 Å². The van der Waals surface area contributed by atoms with Crippen LogP contribution in [0.15, 0.2) is 54.6 Å². The minimum absolute atomic E-state index is 0.112. The second-order valence-corrected chi connectivity index (χ2v) is 5.63. The van der Waals surface area contributed by atoms with E-state index in [2.05, 4.69) is 10.6 Å². The molecule has 0 radical (unpaired) electrons. The molecule has 1 fully saturated rings. The van der Waals surface area contributed by atoms with Crippen molar-refractivity contribution in [3.8, 4) is 0 Å². The van der Waals surface area contributed by atoms with Crippen molar-refractivity contribution in [1.82, 2.24) is 0 Å². The molecule has 2 aromatic rings. The molecule has 5 nitrogen and oxygen atoms in total. The van der Waals surface area contributed by atoms with Crippen molar-refractivity contribution >= 4 is 29.0 Å². The fourth-order valence-corrected chi connectivity index (χ4v) is 2.44. The number of urea groups is 1. The van der Waals surface area contributed by atoms with Crippen LogP contribution in [0.1, 0.15) is 19.8 Å². The highest BCUT2D eigenvalue weighted by molar-refractivity contribution is 6.02. The first-order valence-corrected chi connectivity index (χ1v) is 7.66. The van der Waals surface area contributed by atoms with E-state index in [1.807, 2.05) is 54.6 Å². The third-order valence-corrected chi connectivity index (χ3v) is 3.62. The molecule has 0 aromatic heterocycles. The Morgan fingerprint density at radius 1 is 0.913 bits per heavy atom. The molecule has 3 rings (SSSR count). The van der Waals surface area contributed by atoms with Gasteiger partial charge in [0.05, 0.1) is 0 Å². The zero-order chi connectivity index (χ0) is 16.2. The maximum absolute atomic E-state index is 12.6. The van der Waals surface area contributed by atoms with Crippen LogP contribution in [0, 0.1) is 0 Å². The summed E-state index contributed by atoms with van der Waals surface area (Å²) in [4.78, 5) is 25.5. The lowest BCUT2D eigenvalue weighted by Gasteiger charge is -2.23. The van der Waals surface area contributed by atoms with Crippen LogP contribution in [-0.2, 0) is 4.79 Å². The van der Waals surface area contributed by atoms with Gasteiger partial charge >= 0.3 is 6.03 Å². The summed E-state index contributed by atoms with van der Waals surface area (Å²) in [7, 11) is 0. The van der Waals surface area contributed by atoms with Crippen molar-refractivity contribution in [2.24, 2.45) is 0 Å². The topological polar surface area (TPSA) is 61.4 Å². The Morgan fingerprint density at radius 3 is 2.09 bits per heavy atom. The van der Waals surface area contributed by atoms with E-state index in [4.69, 9.17) is 0 Å². The minimum atomic E-state index is -0.133. The molecular weight excluding hydrogens is 290 g/mol. The molecular formula is C18H19N3O2. The number of carbonyl (C=O) groups is 2. The molecule has 0 atom stereocenters. The van der Waals surface area contributed by atoms with Gasteiger partial charge in [0.15, 0.2) is 0 Å². The fraction of sp³-hybridized carbons (Fsp3) is 0.222. The lowest BCUT2D eigenvalue weighted by atomic mass is 10.2. The Kier molecular flexibility index (Phi) is 4.28. The van der Waals surface area contributed by atoms with Crippen molar-refractivity contribution in [1.29, 1.82) is 0 Å². The summed E-state index contributed by atoms with van der Waals surface area (Å²) in [5.41, 5.74) is 2.33. The molecule has 0 spiro atoms. The molecule has 23 heavy (non-hydrogen) atoms. The maximum Gasteiger partial charge on any atom is 0.326 e. The van der Waals surface area contributed by atoms with Gasteiger partial charge in [0.25, 0.3) is 0 Å². The Morgan fingerprint density at radius 2 is 1.52 bits per heavy atom. The molecule has 2 aromatic carbocycles. The van der Waals surface area contributed by atoms with Crippen molar-refractivity contribution in [2.75, 3.05) is 15.5 Å². The molecule has 0 aliphatic heterocycles. The van der Waals surface area contributed by atoms with Crippen LogP contribution in [-0.4, -0.2) is 18.0 Å². The number of carbonyl (C=O) groups excluding carboxylic acids is 2. The normalized spacial score (nSPS) is 13.3. The van der Waals surface area contributed by atoms with Gasteiger partial charge in [0.1, 0.15) is 0 Å². The zero-order valence-corrected chi connectivity index (χ0v) is 13.0. The molecule has 118 valence electrons. The number of nitrogens with zero attached hydrogens (tertiary/aromatic N) is 1. The minimum Gasteiger partial charge on any atom is -0.326 e. The fourth-order valence-electron chi connectivity index (χ4n) is 2.44. The number of hydrogen-bond acceptors (Lipinski definition) is 2. The summed E-state index contributed by atoms with van der Waals surface area (Å²) in [6.07, 6.45) is 2.02. The average molecular weight is 309 g/mol. The second-order valence-electron chi connectivity index (χ2n) is 5.63. The van der Waals surface area contributed by atoms with E-state index in [1.165, 1.54) is 6.92 Å². The molecule has 1 aliphatic rings. The monoisotopic (exact) mass is 309 g/mol. The number of anilines is 3. The van der Waals surface area contributed by atoms with Gasteiger partial charge in [0.2, 0.25) is 5.91 Å². The van der Waals surface area contributed by atoms with Crippen LogP contribution >= 0.6 is 0 Å². The van der Waals surface area contributed by atoms with Gasteiger partial charge in [-0.25, -0.2) is 4.79 Å². The van der Waals surface area contributed by atoms with E-state index in [0.29, 0.717) is 0 Å². The van der Waals surface area contributed by atoms with E-state index < -0.39 is 0 Å². The zero-order valence-electron chi connectivity index (χ0n) is 13.0. The predicted molar refractivity (Wildman–Crippen MR) is 91.7 cm³/mol. The number of benzene rings is 2. The molecule has 0 bridgehead atoms. The molecule has 0 unspecified atom stereocenters. The summed E-state index contributed by atoms with van der Waals surface area (Å²) < 4.78 is 0. The third kappa shape index (κ3) is 3.88. The van der Waals surface area contributed by atoms with Crippen molar-refractivity contribution in [3.05, 3.63) is 54.6 Å². The summed E-state index contributed by atoms with van der Waals surface area (Å²) in [6, 6.07) is 16.8. The molecule has 1 saturated carbocycles. The Labute approximate surface area is 135 Å². The number of amides is 3. The summed E-state index contributed by atoms with van der Waals surface area (Å²) in [5.74, 6) is -0.112. The molecule has 5 heteroatoms. The van der Waals surface area contributed by atoms with E-state index in [9.17, 15) is 9.59 Å². The number of para-hydroxylation sites is 1. The summed E-state index contributed by atoms with van der Waals surface area (Å²) >= 11 is 0. The van der Waals surface area contributed by atoms with E-state index in [1.54, 1.807) is 4.90 Å². The molecule has 3 amide bonds. The summed E-state index contributed by atoms with van der Waals surface area (Å²) in [6.45, 7) is 1.47. The standard InChI is InChI=1S/C18H19N3O2/c1-13(22)19-15-7-9-16(10-8-15)21(17-11-12-17)18(23)20-14-5-3-2-4-6-14/h2-10,17H,11-12H2,1H3,(H,19,22)(H,20,23).